The Bertz CT molecular complexity index is 910. The number of ether oxygens (including phenoxy) is 2. The molecule has 3 aromatic rings. The van der Waals surface area contributed by atoms with Gasteiger partial charge in [0.25, 0.3) is 0 Å². The smallest absolute Gasteiger partial charge is 0.219 e. The summed E-state index contributed by atoms with van der Waals surface area (Å²) >= 11 is 5.88. The van der Waals surface area contributed by atoms with Crippen LogP contribution in [0.5, 0.6) is 11.5 Å². The quantitative estimate of drug-likeness (QED) is 0.548. The second kappa shape index (κ2) is 9.28. The molecule has 0 aliphatic carbocycles. The van der Waals surface area contributed by atoms with E-state index in [-0.39, 0.29) is 5.91 Å². The van der Waals surface area contributed by atoms with Gasteiger partial charge >= 0.3 is 0 Å². The summed E-state index contributed by atoms with van der Waals surface area (Å²) in [6, 6.07) is 7.65. The lowest BCUT2D eigenvalue weighted by molar-refractivity contribution is -0.120. The molecule has 0 unspecified atom stereocenters. The number of carbonyl (C=O) groups excluding carboxylic acids is 1. The maximum atomic E-state index is 11.4. The summed E-state index contributed by atoms with van der Waals surface area (Å²) in [5.74, 6) is 1.46. The molecule has 1 aromatic carbocycles. The van der Waals surface area contributed by atoms with Gasteiger partial charge in [0.15, 0.2) is 0 Å². The molecular weight excluding hydrogens is 366 g/mol. The Morgan fingerprint density at radius 2 is 2.00 bits per heavy atom. The summed E-state index contributed by atoms with van der Waals surface area (Å²) in [6.45, 7) is 0.806. The van der Waals surface area contributed by atoms with Crippen LogP contribution in [0.2, 0.25) is 5.02 Å². The van der Waals surface area contributed by atoms with Crippen molar-refractivity contribution in [2.45, 2.75) is 19.3 Å². The Morgan fingerprint density at radius 3 is 2.78 bits per heavy atom. The average molecular weight is 388 g/mol. The normalized spacial score (nSPS) is 10.7. The van der Waals surface area contributed by atoms with E-state index in [4.69, 9.17) is 21.1 Å². The van der Waals surface area contributed by atoms with Crippen LogP contribution in [-0.4, -0.2) is 36.1 Å². The first-order valence-corrected chi connectivity index (χ1v) is 9.20. The van der Waals surface area contributed by atoms with Gasteiger partial charge in [-0.1, -0.05) is 11.6 Å². The summed E-state index contributed by atoms with van der Waals surface area (Å²) < 4.78 is 11.4. The zero-order chi connectivity index (χ0) is 19.1. The van der Waals surface area contributed by atoms with Gasteiger partial charge in [-0.15, -0.1) is 0 Å². The molecule has 0 saturated heterocycles. The zero-order valence-electron chi connectivity index (χ0n) is 15.1. The number of halogens is 1. The van der Waals surface area contributed by atoms with Gasteiger partial charge in [-0.2, -0.15) is 0 Å². The van der Waals surface area contributed by atoms with Crippen LogP contribution in [0.1, 0.15) is 18.4 Å². The number of aromatic nitrogens is 2. The molecule has 7 heteroatoms. The topological polar surface area (TPSA) is 76.2 Å². The Labute approximate surface area is 162 Å². The van der Waals surface area contributed by atoms with Gasteiger partial charge in [0.05, 0.1) is 11.2 Å². The molecule has 2 aromatic heterocycles. The Hall–Kier alpha value is -2.73. The first kappa shape index (κ1) is 19.0. The van der Waals surface area contributed by atoms with Gasteiger partial charge in [0.1, 0.15) is 24.7 Å². The van der Waals surface area contributed by atoms with Crippen molar-refractivity contribution in [3.63, 3.8) is 0 Å². The molecule has 0 bridgehead atoms. The third kappa shape index (κ3) is 5.37. The number of H-pyrrole nitrogens is 1. The number of pyridine rings is 1. The van der Waals surface area contributed by atoms with Crippen LogP contribution in [-0.2, 0) is 11.2 Å². The maximum Gasteiger partial charge on any atom is 0.219 e. The number of aryl methyl sites for hydroxylation is 1. The fourth-order valence-corrected chi connectivity index (χ4v) is 2.97. The highest BCUT2D eigenvalue weighted by atomic mass is 35.5. The summed E-state index contributed by atoms with van der Waals surface area (Å²) in [4.78, 5) is 18.6. The molecule has 2 heterocycles. The highest BCUT2D eigenvalue weighted by Gasteiger charge is 2.07. The lowest BCUT2D eigenvalue weighted by Gasteiger charge is -2.09. The van der Waals surface area contributed by atoms with Crippen LogP contribution in [0.4, 0.5) is 0 Å². The fourth-order valence-electron chi connectivity index (χ4n) is 2.81. The molecule has 2 N–H and O–H groups in total. The Morgan fingerprint density at radius 1 is 1.19 bits per heavy atom. The third-order valence-electron chi connectivity index (χ3n) is 4.17. The van der Waals surface area contributed by atoms with E-state index in [1.54, 1.807) is 25.5 Å². The number of hydrogen-bond acceptors (Lipinski definition) is 4. The minimum atomic E-state index is 0.0637. The van der Waals surface area contributed by atoms with Crippen molar-refractivity contribution in [2.75, 3.05) is 20.3 Å². The number of aromatic amines is 1. The molecule has 27 heavy (non-hydrogen) atoms. The number of hydrogen-bond donors (Lipinski definition) is 2. The van der Waals surface area contributed by atoms with Gasteiger partial charge in [-0.05, 0) is 36.6 Å². The molecule has 0 aliphatic heterocycles. The molecule has 0 saturated carbocycles. The molecule has 0 fully saturated rings. The lowest BCUT2D eigenvalue weighted by atomic mass is 10.1. The van der Waals surface area contributed by atoms with E-state index in [9.17, 15) is 4.79 Å². The van der Waals surface area contributed by atoms with Crippen molar-refractivity contribution >= 4 is 28.4 Å². The average Bonchev–Trinajstić information content (AvgIpc) is 3.07. The van der Waals surface area contributed by atoms with Crippen LogP contribution in [0, 0.1) is 0 Å². The molecule has 1 amide bonds. The highest BCUT2D eigenvalue weighted by Crippen LogP contribution is 2.25. The van der Waals surface area contributed by atoms with Crippen LogP contribution in [0.25, 0.3) is 10.9 Å². The van der Waals surface area contributed by atoms with Crippen LogP contribution >= 0.6 is 11.6 Å². The van der Waals surface area contributed by atoms with Crippen LogP contribution in [0.3, 0.4) is 0 Å². The predicted octanol–water partition coefficient (Wildman–Crippen LogP) is 3.74. The maximum absolute atomic E-state index is 11.4. The van der Waals surface area contributed by atoms with Crippen molar-refractivity contribution in [2.24, 2.45) is 0 Å². The van der Waals surface area contributed by atoms with E-state index in [2.05, 4.69) is 15.3 Å². The van der Waals surface area contributed by atoms with E-state index in [0.29, 0.717) is 30.4 Å². The standard InChI is InChI=1S/C20H22ClN3O3/c1-22-20(25)4-2-3-14-11-24-19-6-5-16(10-18(14)19)26-7-8-27-17-9-15(21)12-23-13-17/h5-6,9-13,24H,2-4,7-8H2,1H3,(H,22,25). The molecule has 3 rings (SSSR count). The largest absolute Gasteiger partial charge is 0.490 e. The lowest BCUT2D eigenvalue weighted by Crippen LogP contribution is -2.17. The Kier molecular flexibility index (Phi) is 6.54. The second-order valence-electron chi connectivity index (χ2n) is 6.08. The van der Waals surface area contributed by atoms with E-state index in [1.165, 1.54) is 5.56 Å². The van der Waals surface area contributed by atoms with Crippen molar-refractivity contribution in [1.29, 1.82) is 0 Å². The molecule has 0 radical (unpaired) electrons. The van der Waals surface area contributed by atoms with Crippen molar-refractivity contribution in [3.05, 3.63) is 53.4 Å². The number of nitrogens with one attached hydrogen (secondary N) is 2. The Balaban J connectivity index is 1.54. The molecule has 0 aliphatic rings. The van der Waals surface area contributed by atoms with E-state index >= 15 is 0 Å². The van der Waals surface area contributed by atoms with E-state index in [0.717, 1.165) is 29.5 Å². The fraction of sp³-hybridized carbons (Fsp3) is 0.300. The first-order chi connectivity index (χ1) is 13.2. The summed E-state index contributed by atoms with van der Waals surface area (Å²) in [7, 11) is 1.66. The number of fused-ring (bicyclic) bond motifs is 1. The number of rotatable bonds is 9. The number of carbonyl (C=O) groups is 1. The molecular formula is C20H22ClN3O3. The minimum absolute atomic E-state index is 0.0637. The van der Waals surface area contributed by atoms with E-state index in [1.807, 2.05) is 24.4 Å². The number of amides is 1. The van der Waals surface area contributed by atoms with Gasteiger partial charge in [-0.3, -0.25) is 9.78 Å². The summed E-state index contributed by atoms with van der Waals surface area (Å²) in [5.41, 5.74) is 2.24. The van der Waals surface area contributed by atoms with Crippen LogP contribution in [0.15, 0.2) is 42.9 Å². The number of benzene rings is 1. The molecule has 0 spiro atoms. The molecule has 6 nitrogen and oxygen atoms in total. The summed E-state index contributed by atoms with van der Waals surface area (Å²) in [5, 5.41) is 4.30. The van der Waals surface area contributed by atoms with Gasteiger partial charge in [-0.25, -0.2) is 0 Å². The monoisotopic (exact) mass is 387 g/mol. The highest BCUT2D eigenvalue weighted by molar-refractivity contribution is 6.30. The summed E-state index contributed by atoms with van der Waals surface area (Å²) in [6.07, 6.45) is 7.33. The zero-order valence-corrected chi connectivity index (χ0v) is 15.9. The minimum Gasteiger partial charge on any atom is -0.490 e. The van der Waals surface area contributed by atoms with Gasteiger partial charge in [0, 0.05) is 42.8 Å². The SMILES string of the molecule is CNC(=O)CCCc1c[nH]c2ccc(OCCOc3cncc(Cl)c3)cc12. The predicted molar refractivity (Wildman–Crippen MR) is 106 cm³/mol. The van der Waals surface area contributed by atoms with Gasteiger partial charge < -0.3 is 19.8 Å². The van der Waals surface area contributed by atoms with Crippen molar-refractivity contribution < 1.29 is 14.3 Å². The van der Waals surface area contributed by atoms with Gasteiger partial charge in [0.2, 0.25) is 5.91 Å². The second-order valence-corrected chi connectivity index (χ2v) is 6.52. The third-order valence-corrected chi connectivity index (χ3v) is 4.37. The van der Waals surface area contributed by atoms with E-state index < -0.39 is 0 Å². The van der Waals surface area contributed by atoms with Crippen LogP contribution < -0.4 is 14.8 Å². The number of nitrogens with zero attached hydrogens (tertiary/aromatic N) is 1. The van der Waals surface area contributed by atoms with Crippen molar-refractivity contribution in [3.8, 4) is 11.5 Å². The molecule has 0 atom stereocenters. The molecule has 142 valence electrons. The van der Waals surface area contributed by atoms with Crippen molar-refractivity contribution in [1.82, 2.24) is 15.3 Å². The first-order valence-electron chi connectivity index (χ1n) is 8.82.